The normalized spacial score (nSPS) is 11.8. The number of fused-ring (bicyclic) bond motifs is 9. The van der Waals surface area contributed by atoms with E-state index in [-0.39, 0.29) is 0 Å². The van der Waals surface area contributed by atoms with Crippen molar-refractivity contribution >= 4 is 92.0 Å². The van der Waals surface area contributed by atoms with Crippen LogP contribution in [0.2, 0.25) is 0 Å². The highest BCUT2D eigenvalue weighted by atomic mass is 32.1. The lowest BCUT2D eigenvalue weighted by Crippen LogP contribution is -2.09. The Hall–Kier alpha value is -6.75. The summed E-state index contributed by atoms with van der Waals surface area (Å²) in [6, 6.07) is 65.1. The van der Waals surface area contributed by atoms with Crippen molar-refractivity contribution in [3.63, 3.8) is 0 Å². The van der Waals surface area contributed by atoms with Crippen LogP contribution in [0.3, 0.4) is 0 Å². The third-order valence-corrected chi connectivity index (χ3v) is 11.6. The first kappa shape index (κ1) is 29.9. The lowest BCUT2D eigenvalue weighted by molar-refractivity contribution is 0.623. The number of thiophene rings is 1. The van der Waals surface area contributed by atoms with Crippen molar-refractivity contribution in [2.75, 3.05) is 4.90 Å². The molecule has 9 aromatic carbocycles. The Morgan fingerprint density at radius 1 is 0.434 bits per heavy atom. The van der Waals surface area contributed by atoms with Gasteiger partial charge in [0.2, 0.25) is 5.89 Å². The number of rotatable bonds is 5. The molecule has 0 atom stereocenters. The minimum absolute atomic E-state index is 0.631. The van der Waals surface area contributed by atoms with Crippen LogP contribution in [0.4, 0.5) is 17.1 Å². The predicted octanol–water partition coefficient (Wildman–Crippen LogP) is 14.5. The first-order valence-electron chi connectivity index (χ1n) is 17.9. The van der Waals surface area contributed by atoms with E-state index in [9.17, 15) is 0 Å². The van der Waals surface area contributed by atoms with Crippen LogP contribution in [0.15, 0.2) is 186 Å². The van der Waals surface area contributed by atoms with E-state index in [1.165, 1.54) is 42.1 Å². The van der Waals surface area contributed by atoms with Crippen LogP contribution >= 0.6 is 11.3 Å². The van der Waals surface area contributed by atoms with Crippen molar-refractivity contribution in [2.24, 2.45) is 0 Å². The van der Waals surface area contributed by atoms with Crippen LogP contribution in [0.5, 0.6) is 0 Å². The van der Waals surface area contributed by atoms with Gasteiger partial charge in [0.1, 0.15) is 5.52 Å². The summed E-state index contributed by atoms with van der Waals surface area (Å²) in [7, 11) is 0. The Bertz CT molecular complexity index is 3180. The zero-order chi connectivity index (χ0) is 34.9. The Morgan fingerprint density at radius 3 is 1.98 bits per heavy atom. The fraction of sp³-hybridized carbons (Fsp3) is 0. The summed E-state index contributed by atoms with van der Waals surface area (Å²) >= 11 is 1.86. The van der Waals surface area contributed by atoms with Crippen LogP contribution in [-0.2, 0) is 0 Å². The van der Waals surface area contributed by atoms with Gasteiger partial charge >= 0.3 is 0 Å². The lowest BCUT2D eigenvalue weighted by atomic mass is 9.94. The van der Waals surface area contributed by atoms with E-state index in [0.717, 1.165) is 55.3 Å². The molecule has 4 heteroatoms. The van der Waals surface area contributed by atoms with E-state index < -0.39 is 0 Å². The Morgan fingerprint density at radius 2 is 1.09 bits per heavy atom. The molecule has 0 unspecified atom stereocenters. The minimum Gasteiger partial charge on any atom is -0.435 e. The molecule has 0 bridgehead atoms. The summed E-state index contributed by atoms with van der Waals surface area (Å²) in [6.07, 6.45) is 0. The molecular formula is C49H30N2OS. The number of benzene rings is 9. The molecule has 53 heavy (non-hydrogen) atoms. The molecule has 0 saturated carbocycles. The van der Waals surface area contributed by atoms with Gasteiger partial charge in [-0.3, -0.25) is 0 Å². The van der Waals surface area contributed by atoms with E-state index in [2.05, 4.69) is 157 Å². The summed E-state index contributed by atoms with van der Waals surface area (Å²) in [5.74, 6) is 0.631. The molecule has 2 heterocycles. The topological polar surface area (TPSA) is 29.3 Å². The number of hydrogen-bond donors (Lipinski definition) is 0. The molecule has 0 aliphatic carbocycles. The summed E-state index contributed by atoms with van der Waals surface area (Å²) in [4.78, 5) is 7.28. The molecule has 0 fully saturated rings. The van der Waals surface area contributed by atoms with Crippen molar-refractivity contribution in [3.8, 4) is 22.6 Å². The molecule has 0 aliphatic heterocycles. The summed E-state index contributed by atoms with van der Waals surface area (Å²) in [6.45, 7) is 0. The largest absolute Gasteiger partial charge is 0.435 e. The number of nitrogens with zero attached hydrogens (tertiary/aromatic N) is 2. The average Bonchev–Trinajstić information content (AvgIpc) is 3.83. The third kappa shape index (κ3) is 4.84. The first-order chi connectivity index (χ1) is 26.3. The molecule has 2 aromatic heterocycles. The van der Waals surface area contributed by atoms with Crippen LogP contribution in [0.1, 0.15) is 0 Å². The van der Waals surface area contributed by atoms with Crippen LogP contribution in [0, 0.1) is 0 Å². The number of oxazole rings is 1. The van der Waals surface area contributed by atoms with Crippen molar-refractivity contribution < 1.29 is 4.42 Å². The van der Waals surface area contributed by atoms with Gasteiger partial charge in [-0.25, -0.2) is 4.98 Å². The highest BCUT2D eigenvalue weighted by molar-refractivity contribution is 7.26. The quantitative estimate of drug-likeness (QED) is 0.168. The fourth-order valence-electron chi connectivity index (χ4n) is 8.02. The van der Waals surface area contributed by atoms with E-state index in [1.807, 2.05) is 41.7 Å². The van der Waals surface area contributed by atoms with Gasteiger partial charge in [0, 0.05) is 48.2 Å². The molecule has 0 radical (unpaired) electrons. The monoisotopic (exact) mass is 694 g/mol. The number of anilines is 3. The lowest BCUT2D eigenvalue weighted by Gasteiger charge is -2.26. The van der Waals surface area contributed by atoms with E-state index in [4.69, 9.17) is 9.40 Å². The third-order valence-electron chi connectivity index (χ3n) is 10.4. The first-order valence-corrected chi connectivity index (χ1v) is 18.7. The van der Waals surface area contributed by atoms with Crippen molar-refractivity contribution in [1.82, 2.24) is 4.98 Å². The molecule has 0 N–H and O–H groups in total. The number of para-hydroxylation sites is 1. The van der Waals surface area contributed by atoms with Crippen LogP contribution in [0.25, 0.3) is 86.2 Å². The second kappa shape index (κ2) is 11.9. The second-order valence-electron chi connectivity index (χ2n) is 13.5. The summed E-state index contributed by atoms with van der Waals surface area (Å²) in [5, 5.41) is 9.55. The second-order valence-corrected chi connectivity index (χ2v) is 14.6. The van der Waals surface area contributed by atoms with Gasteiger partial charge in [0.15, 0.2) is 5.58 Å². The molecule has 248 valence electrons. The molecule has 11 rings (SSSR count). The predicted molar refractivity (Wildman–Crippen MR) is 225 cm³/mol. The number of hydrogen-bond acceptors (Lipinski definition) is 4. The van der Waals surface area contributed by atoms with E-state index in [0.29, 0.717) is 5.89 Å². The SMILES string of the molecule is c1ccc(-c2nc3ccc4ccc5ccc(N(c6ccccc6)c6ccc7sc8cccc(-c9cccc%10ccccc9%10)c8c7c6)cc5c4c3o2)cc1. The molecule has 0 amide bonds. The molecule has 3 nitrogen and oxygen atoms in total. The zero-order valence-electron chi connectivity index (χ0n) is 28.5. The van der Waals surface area contributed by atoms with Crippen molar-refractivity contribution in [2.45, 2.75) is 0 Å². The van der Waals surface area contributed by atoms with Gasteiger partial charge in [0.25, 0.3) is 0 Å². The van der Waals surface area contributed by atoms with Crippen molar-refractivity contribution in [1.29, 1.82) is 0 Å². The number of aromatic nitrogens is 1. The zero-order valence-corrected chi connectivity index (χ0v) is 29.3. The maximum absolute atomic E-state index is 6.58. The van der Waals surface area contributed by atoms with Gasteiger partial charge in [-0.1, -0.05) is 115 Å². The average molecular weight is 695 g/mol. The molecule has 0 saturated heterocycles. The molecule has 0 aliphatic rings. The maximum atomic E-state index is 6.58. The molecular weight excluding hydrogens is 665 g/mol. The highest BCUT2D eigenvalue weighted by Crippen LogP contribution is 2.45. The summed E-state index contributed by atoms with van der Waals surface area (Å²) in [5.41, 5.74) is 8.42. The van der Waals surface area contributed by atoms with E-state index in [1.54, 1.807) is 0 Å². The highest BCUT2D eigenvalue weighted by Gasteiger charge is 2.19. The van der Waals surface area contributed by atoms with Gasteiger partial charge in [-0.05, 0) is 105 Å². The Kier molecular flexibility index (Phi) is 6.73. The maximum Gasteiger partial charge on any atom is 0.227 e. The van der Waals surface area contributed by atoms with Gasteiger partial charge in [-0.2, -0.15) is 0 Å². The van der Waals surface area contributed by atoms with Crippen LogP contribution in [-0.4, -0.2) is 4.98 Å². The van der Waals surface area contributed by atoms with Gasteiger partial charge < -0.3 is 9.32 Å². The minimum atomic E-state index is 0.631. The van der Waals surface area contributed by atoms with Crippen molar-refractivity contribution in [3.05, 3.63) is 182 Å². The van der Waals surface area contributed by atoms with Gasteiger partial charge in [-0.15, -0.1) is 11.3 Å². The standard InChI is InChI=1S/C49H30N2OS/c1-3-12-34(13-4-1)49-50-43-27-24-33-22-21-32-23-25-36(29-41(32)46(33)48(43)52-49)51(35-15-5-2-6-16-35)37-26-28-44-42(30-37)47-40(19-10-20-45(47)53-44)39-18-9-14-31-11-7-8-17-38(31)39/h1-30H. The smallest absolute Gasteiger partial charge is 0.227 e. The molecule has 11 aromatic rings. The van der Waals surface area contributed by atoms with Gasteiger partial charge in [0.05, 0.1) is 0 Å². The van der Waals surface area contributed by atoms with Crippen LogP contribution < -0.4 is 4.90 Å². The Labute approximate surface area is 309 Å². The fourth-order valence-corrected chi connectivity index (χ4v) is 9.13. The Balaban J connectivity index is 1.14. The summed E-state index contributed by atoms with van der Waals surface area (Å²) < 4.78 is 9.14. The van der Waals surface area contributed by atoms with E-state index >= 15 is 0 Å². The molecule has 0 spiro atoms.